The molecule has 62 heavy (non-hydrogen) atoms. The van der Waals surface area contributed by atoms with Crippen molar-refractivity contribution in [2.24, 2.45) is 15.5 Å². The SMILES string of the molecule is CCCCCCCCCCCCCCOC(=O)CCC(=O)Nc1cc(-c2nc3n(n2)N=C(C(C)(C)C)C3=Nc2ccc(N(CC)CCNS(C)(=O)=O)cc2C)ccc1S(C)(=O)=O. The molecule has 17 heteroatoms. The second-order valence-corrected chi connectivity index (χ2v) is 21.0. The van der Waals surface area contributed by atoms with Gasteiger partial charge < -0.3 is 15.0 Å². The van der Waals surface area contributed by atoms with Crippen molar-refractivity contribution in [3.8, 4) is 11.4 Å². The highest BCUT2D eigenvalue weighted by Crippen LogP contribution is 2.32. The number of aromatic nitrogens is 3. The zero-order valence-corrected chi connectivity index (χ0v) is 39.7. The Labute approximate surface area is 369 Å². The van der Waals surface area contributed by atoms with Gasteiger partial charge >= 0.3 is 5.97 Å². The topological polar surface area (TPSA) is 194 Å². The molecule has 0 spiro atoms. The van der Waals surface area contributed by atoms with Crippen molar-refractivity contribution in [3.05, 3.63) is 47.8 Å². The molecule has 1 aromatic heterocycles. The van der Waals surface area contributed by atoms with Crippen LogP contribution in [0.25, 0.3) is 11.4 Å². The minimum absolute atomic E-state index is 0.0477. The fourth-order valence-corrected chi connectivity index (χ4v) is 8.42. The van der Waals surface area contributed by atoms with Crippen LogP contribution in [-0.4, -0.2) is 93.8 Å². The summed E-state index contributed by atoms with van der Waals surface area (Å²) in [5, 5.41) is 12.1. The first-order chi connectivity index (χ1) is 29.3. The lowest BCUT2D eigenvalue weighted by Crippen LogP contribution is -2.34. The molecule has 15 nitrogen and oxygen atoms in total. The van der Waals surface area contributed by atoms with Crippen LogP contribution in [0.1, 0.15) is 136 Å². The third kappa shape index (κ3) is 15.7. The monoisotopic (exact) mass is 896 g/mol. The van der Waals surface area contributed by atoms with Crippen LogP contribution in [0.15, 0.2) is 51.4 Å². The number of nitrogens with zero attached hydrogens (tertiary/aromatic N) is 6. The van der Waals surface area contributed by atoms with Gasteiger partial charge in [-0.25, -0.2) is 31.5 Å². The van der Waals surface area contributed by atoms with Crippen LogP contribution in [0.2, 0.25) is 0 Å². The molecule has 4 rings (SSSR count). The summed E-state index contributed by atoms with van der Waals surface area (Å²) in [7, 11) is -7.05. The summed E-state index contributed by atoms with van der Waals surface area (Å²) in [5.41, 5.74) is 3.78. The van der Waals surface area contributed by atoms with Gasteiger partial charge in [-0.2, -0.15) is 5.10 Å². The third-order valence-electron chi connectivity index (χ3n) is 10.6. The van der Waals surface area contributed by atoms with Gasteiger partial charge in [-0.05, 0) is 62.2 Å². The smallest absolute Gasteiger partial charge is 0.306 e. The van der Waals surface area contributed by atoms with Crippen LogP contribution in [0.3, 0.4) is 0 Å². The predicted octanol–water partition coefficient (Wildman–Crippen LogP) is 8.38. The van der Waals surface area contributed by atoms with Crippen molar-refractivity contribution in [2.75, 3.05) is 49.0 Å². The lowest BCUT2D eigenvalue weighted by Gasteiger charge is -2.24. The number of unbranched alkanes of at least 4 members (excludes halogenated alkanes) is 11. The second kappa shape index (κ2) is 23.3. The number of rotatable bonds is 26. The van der Waals surface area contributed by atoms with Gasteiger partial charge in [0.2, 0.25) is 21.8 Å². The predicted molar refractivity (Wildman–Crippen MR) is 249 cm³/mol. The number of nitrogens with one attached hydrogen (secondary N) is 2. The maximum absolute atomic E-state index is 13.1. The summed E-state index contributed by atoms with van der Waals surface area (Å²) in [6, 6.07) is 10.3. The number of hydrogen-bond donors (Lipinski definition) is 2. The van der Waals surface area contributed by atoms with Gasteiger partial charge in [-0.1, -0.05) is 98.3 Å². The van der Waals surface area contributed by atoms with E-state index in [1.807, 2.05) is 52.8 Å². The fraction of sp³-hybridized carbons (Fsp3) is 0.600. The average Bonchev–Trinajstić information content (AvgIpc) is 3.77. The van der Waals surface area contributed by atoms with Crippen molar-refractivity contribution in [1.82, 2.24) is 19.6 Å². The van der Waals surface area contributed by atoms with Gasteiger partial charge in [0.15, 0.2) is 15.7 Å². The Kier molecular flexibility index (Phi) is 18.8. The first kappa shape index (κ1) is 50.2. The number of carbonyl (C=O) groups excluding carboxylic acids is 2. The molecule has 1 aliphatic heterocycles. The zero-order valence-electron chi connectivity index (χ0n) is 38.0. The van der Waals surface area contributed by atoms with Crippen molar-refractivity contribution in [3.63, 3.8) is 0 Å². The number of sulfonamides is 1. The number of esters is 1. The number of aryl methyl sites for hydroxylation is 1. The van der Waals surface area contributed by atoms with Gasteiger partial charge in [0.1, 0.15) is 5.71 Å². The number of anilines is 2. The summed E-state index contributed by atoms with van der Waals surface area (Å²) in [6.07, 6.45) is 16.4. The van der Waals surface area contributed by atoms with Gasteiger partial charge in [0.05, 0.1) is 41.3 Å². The number of amides is 1. The van der Waals surface area contributed by atoms with E-state index in [-0.39, 0.29) is 35.8 Å². The average molecular weight is 897 g/mol. The van der Waals surface area contributed by atoms with Crippen molar-refractivity contribution in [1.29, 1.82) is 0 Å². The minimum Gasteiger partial charge on any atom is -0.466 e. The Morgan fingerprint density at radius 3 is 2.08 bits per heavy atom. The van der Waals surface area contributed by atoms with E-state index in [0.29, 0.717) is 48.2 Å². The minimum atomic E-state index is -3.75. The number of benzene rings is 2. The first-order valence-corrected chi connectivity index (χ1v) is 25.8. The van der Waals surface area contributed by atoms with Crippen molar-refractivity contribution < 1.29 is 31.2 Å². The maximum atomic E-state index is 13.1. The normalized spacial score (nSPS) is 13.6. The number of aliphatic imine (C=N–C) groups is 1. The molecule has 0 saturated heterocycles. The molecule has 0 aliphatic carbocycles. The Morgan fingerprint density at radius 1 is 0.855 bits per heavy atom. The molecule has 0 saturated carbocycles. The Balaban J connectivity index is 1.41. The molecule has 2 heterocycles. The molecule has 0 bridgehead atoms. The third-order valence-corrected chi connectivity index (χ3v) is 12.4. The maximum Gasteiger partial charge on any atom is 0.306 e. The van der Waals surface area contributed by atoms with Crippen LogP contribution in [-0.2, 0) is 34.2 Å². The summed E-state index contributed by atoms with van der Waals surface area (Å²) in [4.78, 5) is 38.8. The lowest BCUT2D eigenvalue weighted by molar-refractivity contribution is -0.144. The molecule has 0 fully saturated rings. The van der Waals surface area contributed by atoms with Crippen LogP contribution < -0.4 is 14.9 Å². The molecule has 342 valence electrons. The molecule has 2 N–H and O–H groups in total. The van der Waals surface area contributed by atoms with Crippen LogP contribution in [0.4, 0.5) is 17.1 Å². The molecular formula is C45H68N8O7S2. The van der Waals surface area contributed by atoms with Gasteiger partial charge in [-0.3, -0.25) is 9.59 Å². The van der Waals surface area contributed by atoms with Crippen LogP contribution >= 0.6 is 0 Å². The van der Waals surface area contributed by atoms with Crippen LogP contribution in [0.5, 0.6) is 0 Å². The molecule has 0 radical (unpaired) electrons. The van der Waals surface area contributed by atoms with Crippen LogP contribution in [0, 0.1) is 12.3 Å². The highest BCUT2D eigenvalue weighted by atomic mass is 32.2. The standard InChI is InChI=1S/C45H68N8O7S2/c1-9-11-12-13-14-15-16-17-18-19-20-21-30-60-40(55)27-26-39(54)47-37-32-34(22-25-38(37)61(7,56)57)43-49-44-41(42(45(4,5)6)50-53(44)51-43)48-36-24-23-35(31-33(36)3)52(10-2)29-28-46-62(8,58)59/h22-25,31-32,46H,9-21,26-30H2,1-8H3,(H,47,54). The van der Waals surface area contributed by atoms with E-state index in [9.17, 15) is 26.4 Å². The molecule has 0 unspecified atom stereocenters. The Bertz CT molecular complexity index is 2280. The van der Waals surface area contributed by atoms with Gasteiger partial charge in [-0.15, -0.1) is 9.89 Å². The van der Waals surface area contributed by atoms with Gasteiger partial charge in [0, 0.05) is 49.0 Å². The van der Waals surface area contributed by atoms with E-state index in [0.717, 1.165) is 43.0 Å². The molecule has 3 aromatic rings. The van der Waals surface area contributed by atoms with Gasteiger partial charge in [0.25, 0.3) is 0 Å². The van der Waals surface area contributed by atoms with E-state index < -0.39 is 37.2 Å². The Morgan fingerprint density at radius 2 is 1.50 bits per heavy atom. The van der Waals surface area contributed by atoms with E-state index in [4.69, 9.17) is 19.8 Å². The van der Waals surface area contributed by atoms with E-state index in [2.05, 4.69) is 27.0 Å². The first-order valence-electron chi connectivity index (χ1n) is 22.1. The lowest BCUT2D eigenvalue weighted by atomic mass is 9.87. The highest BCUT2D eigenvalue weighted by Gasteiger charge is 2.35. The van der Waals surface area contributed by atoms with Crippen molar-refractivity contribution >= 4 is 60.2 Å². The van der Waals surface area contributed by atoms with E-state index in [1.165, 1.54) is 74.7 Å². The van der Waals surface area contributed by atoms with E-state index >= 15 is 0 Å². The summed E-state index contributed by atoms with van der Waals surface area (Å²) in [6.45, 7) is 14.0. The van der Waals surface area contributed by atoms with Crippen molar-refractivity contribution in [2.45, 2.75) is 136 Å². The fourth-order valence-electron chi connectivity index (χ4n) is 7.14. The molecular weight excluding hydrogens is 829 g/mol. The zero-order chi connectivity index (χ0) is 45.5. The largest absolute Gasteiger partial charge is 0.466 e. The Hall–Kier alpha value is -4.48. The summed E-state index contributed by atoms with van der Waals surface area (Å²) < 4.78 is 56.6. The highest BCUT2D eigenvalue weighted by molar-refractivity contribution is 7.91. The molecule has 1 aliphatic rings. The number of fused-ring (bicyclic) bond motifs is 1. The number of ether oxygens (including phenoxy) is 1. The second-order valence-electron chi connectivity index (χ2n) is 17.2. The number of sulfone groups is 1. The number of carbonyl (C=O) groups is 2. The number of hydrogen-bond acceptors (Lipinski definition) is 12. The molecule has 0 atom stereocenters. The summed E-state index contributed by atoms with van der Waals surface area (Å²) in [5.74, 6) is -0.360. The molecule has 1 amide bonds. The molecule has 2 aromatic carbocycles. The summed E-state index contributed by atoms with van der Waals surface area (Å²) >= 11 is 0. The number of likely N-dealkylation sites (N-methyl/N-ethyl adjacent to an activating group) is 1. The quantitative estimate of drug-likeness (QED) is 0.0584. The van der Waals surface area contributed by atoms with E-state index in [1.54, 1.807) is 6.07 Å².